The van der Waals surface area contributed by atoms with Gasteiger partial charge in [-0.1, -0.05) is 17.7 Å². The maximum absolute atomic E-state index is 12.3. The number of hydrogen-bond acceptors (Lipinski definition) is 6. The van der Waals surface area contributed by atoms with Gasteiger partial charge >= 0.3 is 5.97 Å². The molecule has 0 aromatic heterocycles. The number of ether oxygens (including phenoxy) is 1. The predicted molar refractivity (Wildman–Crippen MR) is 102 cm³/mol. The maximum atomic E-state index is 12.3. The van der Waals surface area contributed by atoms with Crippen molar-refractivity contribution in [1.82, 2.24) is 0 Å². The molecule has 0 aliphatic heterocycles. The minimum absolute atomic E-state index is 0.0245. The zero-order chi connectivity index (χ0) is 20.8. The number of halogens is 1. The number of carbonyl (C=O) groups is 3. The monoisotopic (exact) mass is 405 g/mol. The van der Waals surface area contributed by atoms with Gasteiger partial charge in [-0.3, -0.25) is 19.7 Å². The highest BCUT2D eigenvalue weighted by Crippen LogP contribution is 2.27. The zero-order valence-corrected chi connectivity index (χ0v) is 15.6. The van der Waals surface area contributed by atoms with Crippen LogP contribution in [0.15, 0.2) is 42.5 Å². The Morgan fingerprint density at radius 3 is 2.50 bits per heavy atom. The molecule has 146 valence electrons. The minimum atomic E-state index is -1.20. The summed E-state index contributed by atoms with van der Waals surface area (Å²) >= 11 is 5.93. The average molecular weight is 406 g/mol. The van der Waals surface area contributed by atoms with Gasteiger partial charge in [-0.25, -0.2) is 4.79 Å². The Morgan fingerprint density at radius 2 is 1.86 bits per heavy atom. The van der Waals surface area contributed by atoms with Gasteiger partial charge in [0, 0.05) is 24.7 Å². The summed E-state index contributed by atoms with van der Waals surface area (Å²) in [5, 5.41) is 15.9. The Bertz CT molecular complexity index is 947. The normalized spacial score (nSPS) is 11.2. The number of esters is 1. The number of carbonyl (C=O) groups excluding carboxylic acids is 3. The van der Waals surface area contributed by atoms with Crippen LogP contribution in [-0.4, -0.2) is 28.8 Å². The molecule has 0 fully saturated rings. The van der Waals surface area contributed by atoms with Crippen LogP contribution < -0.4 is 10.6 Å². The van der Waals surface area contributed by atoms with Crippen LogP contribution in [0.3, 0.4) is 0 Å². The molecular formula is C18H16ClN3O6. The number of anilines is 2. The third-order valence-corrected chi connectivity index (χ3v) is 3.82. The summed E-state index contributed by atoms with van der Waals surface area (Å²) in [7, 11) is 0. The summed E-state index contributed by atoms with van der Waals surface area (Å²) in [4.78, 5) is 45.8. The number of hydrogen-bond donors (Lipinski definition) is 2. The number of nitro groups is 1. The fraction of sp³-hybridized carbons (Fsp3) is 0.167. The van der Waals surface area contributed by atoms with E-state index in [2.05, 4.69) is 10.6 Å². The lowest BCUT2D eigenvalue weighted by Crippen LogP contribution is -2.30. The van der Waals surface area contributed by atoms with Crippen LogP contribution in [0.2, 0.25) is 5.02 Å². The van der Waals surface area contributed by atoms with Crippen LogP contribution in [0.4, 0.5) is 17.1 Å². The molecule has 10 heteroatoms. The zero-order valence-electron chi connectivity index (χ0n) is 14.9. The van der Waals surface area contributed by atoms with E-state index in [1.165, 1.54) is 38.1 Å². The Balaban J connectivity index is 2.06. The molecule has 2 aromatic carbocycles. The molecular weight excluding hydrogens is 390 g/mol. The Kier molecular flexibility index (Phi) is 6.67. The third-order valence-electron chi connectivity index (χ3n) is 3.49. The van der Waals surface area contributed by atoms with Gasteiger partial charge in [0.15, 0.2) is 6.10 Å². The lowest BCUT2D eigenvalue weighted by molar-refractivity contribution is -0.384. The van der Waals surface area contributed by atoms with Gasteiger partial charge in [-0.05, 0) is 31.2 Å². The number of benzene rings is 2. The first-order valence-corrected chi connectivity index (χ1v) is 8.38. The van der Waals surface area contributed by atoms with Gasteiger partial charge in [0.1, 0.15) is 0 Å². The van der Waals surface area contributed by atoms with E-state index in [9.17, 15) is 24.5 Å². The second-order valence-corrected chi connectivity index (χ2v) is 6.13. The largest absolute Gasteiger partial charge is 0.449 e. The van der Waals surface area contributed by atoms with Crippen molar-refractivity contribution in [3.63, 3.8) is 0 Å². The molecule has 2 aromatic rings. The molecule has 0 saturated heterocycles. The van der Waals surface area contributed by atoms with Crippen LogP contribution in [0.1, 0.15) is 24.2 Å². The van der Waals surface area contributed by atoms with Gasteiger partial charge in [0.05, 0.1) is 21.2 Å². The summed E-state index contributed by atoms with van der Waals surface area (Å²) < 4.78 is 5.11. The maximum Gasteiger partial charge on any atom is 0.338 e. The summed E-state index contributed by atoms with van der Waals surface area (Å²) in [6.07, 6.45) is -1.20. The average Bonchev–Trinajstić information content (AvgIpc) is 2.62. The van der Waals surface area contributed by atoms with E-state index in [0.29, 0.717) is 5.69 Å². The van der Waals surface area contributed by atoms with E-state index in [4.69, 9.17) is 16.3 Å². The van der Waals surface area contributed by atoms with Crippen LogP contribution >= 0.6 is 11.6 Å². The third kappa shape index (κ3) is 5.52. The van der Waals surface area contributed by atoms with E-state index in [1.807, 2.05) is 0 Å². The smallest absolute Gasteiger partial charge is 0.338 e. The molecule has 0 aliphatic carbocycles. The van der Waals surface area contributed by atoms with Crippen molar-refractivity contribution in [3.8, 4) is 0 Å². The predicted octanol–water partition coefficient (Wildman–Crippen LogP) is 3.39. The standard InChI is InChI=1S/C18H16ClN3O6/c1-10(17(24)21-16-9-14(22(26)27)6-7-15(16)19)28-18(25)12-4-3-5-13(8-12)20-11(2)23/h3-10H,1-2H3,(H,20,23)(H,21,24)/t10-/m1/s1. The molecule has 0 heterocycles. The Hall–Kier alpha value is -3.46. The van der Waals surface area contributed by atoms with Crippen LogP contribution in [-0.2, 0) is 14.3 Å². The fourth-order valence-corrected chi connectivity index (χ4v) is 2.33. The van der Waals surface area contributed by atoms with Crippen molar-refractivity contribution >= 4 is 46.4 Å². The lowest BCUT2D eigenvalue weighted by atomic mass is 10.2. The van der Waals surface area contributed by atoms with Gasteiger partial charge in [-0.15, -0.1) is 0 Å². The van der Waals surface area contributed by atoms with E-state index in [0.717, 1.165) is 6.07 Å². The number of nitro benzene ring substituents is 1. The molecule has 2 N–H and O–H groups in total. The molecule has 0 unspecified atom stereocenters. The highest BCUT2D eigenvalue weighted by molar-refractivity contribution is 6.33. The highest BCUT2D eigenvalue weighted by Gasteiger charge is 2.21. The van der Waals surface area contributed by atoms with E-state index in [1.54, 1.807) is 12.1 Å². The summed E-state index contributed by atoms with van der Waals surface area (Å²) in [5.41, 5.74) is 0.317. The van der Waals surface area contributed by atoms with Gasteiger partial charge < -0.3 is 15.4 Å². The minimum Gasteiger partial charge on any atom is -0.449 e. The number of amides is 2. The van der Waals surface area contributed by atoms with Gasteiger partial charge in [0.25, 0.3) is 11.6 Å². The van der Waals surface area contributed by atoms with Gasteiger partial charge in [-0.2, -0.15) is 0 Å². The molecule has 0 saturated carbocycles. The number of nitrogens with zero attached hydrogens (tertiary/aromatic N) is 1. The quantitative estimate of drug-likeness (QED) is 0.430. The summed E-state index contributed by atoms with van der Waals surface area (Å²) in [6.45, 7) is 2.67. The van der Waals surface area contributed by atoms with Crippen LogP contribution in [0.25, 0.3) is 0 Å². The van der Waals surface area contributed by atoms with E-state index >= 15 is 0 Å². The molecule has 0 spiro atoms. The first kappa shape index (κ1) is 20.8. The van der Waals surface area contributed by atoms with Gasteiger partial charge in [0.2, 0.25) is 5.91 Å². The second-order valence-electron chi connectivity index (χ2n) is 5.72. The molecule has 1 atom stereocenters. The number of non-ortho nitro benzene ring substituents is 1. The van der Waals surface area contributed by atoms with Crippen molar-refractivity contribution in [2.45, 2.75) is 20.0 Å². The molecule has 2 rings (SSSR count). The molecule has 0 bridgehead atoms. The first-order valence-electron chi connectivity index (χ1n) is 8.01. The molecule has 28 heavy (non-hydrogen) atoms. The van der Waals surface area contributed by atoms with Crippen molar-refractivity contribution in [2.75, 3.05) is 10.6 Å². The number of nitrogens with one attached hydrogen (secondary N) is 2. The van der Waals surface area contributed by atoms with Crippen molar-refractivity contribution in [2.24, 2.45) is 0 Å². The summed E-state index contributed by atoms with van der Waals surface area (Å²) in [5.74, 6) is -1.79. The van der Waals surface area contributed by atoms with Crippen molar-refractivity contribution < 1.29 is 24.0 Å². The topological polar surface area (TPSA) is 128 Å². The summed E-state index contributed by atoms with van der Waals surface area (Å²) in [6, 6.07) is 9.60. The first-order chi connectivity index (χ1) is 13.2. The van der Waals surface area contributed by atoms with Crippen molar-refractivity contribution in [3.05, 3.63) is 63.2 Å². The second kappa shape index (κ2) is 8.96. The molecule has 9 nitrogen and oxygen atoms in total. The van der Waals surface area contributed by atoms with E-state index < -0.39 is 22.9 Å². The highest BCUT2D eigenvalue weighted by atomic mass is 35.5. The van der Waals surface area contributed by atoms with Crippen molar-refractivity contribution in [1.29, 1.82) is 0 Å². The molecule has 0 radical (unpaired) electrons. The van der Waals surface area contributed by atoms with E-state index in [-0.39, 0.29) is 27.9 Å². The lowest BCUT2D eigenvalue weighted by Gasteiger charge is -2.14. The number of rotatable bonds is 6. The molecule has 0 aliphatic rings. The Labute approximate surface area is 164 Å². The fourth-order valence-electron chi connectivity index (χ4n) is 2.17. The van der Waals surface area contributed by atoms with Crippen LogP contribution in [0.5, 0.6) is 0 Å². The molecule has 2 amide bonds. The van der Waals surface area contributed by atoms with Crippen LogP contribution in [0, 0.1) is 10.1 Å². The Morgan fingerprint density at radius 1 is 1.14 bits per heavy atom. The SMILES string of the molecule is CC(=O)Nc1cccc(C(=O)O[C@H](C)C(=O)Nc2cc([N+](=O)[O-])ccc2Cl)c1.